The van der Waals surface area contributed by atoms with Crippen LogP contribution in [-0.4, -0.2) is 84.3 Å². The van der Waals surface area contributed by atoms with Gasteiger partial charge in [-0.2, -0.15) is 0 Å². The Hall–Kier alpha value is -1.67. The van der Waals surface area contributed by atoms with Gasteiger partial charge in [-0.05, 0) is 33.2 Å². The fraction of sp³-hybridized carbons (Fsp3) is 0.611. The number of hydrogen-bond donors (Lipinski definition) is 1. The van der Waals surface area contributed by atoms with Crippen molar-refractivity contribution in [1.29, 1.82) is 0 Å². The van der Waals surface area contributed by atoms with Crippen LogP contribution < -0.4 is 0 Å². The fourth-order valence-corrected chi connectivity index (χ4v) is 3.15. The summed E-state index contributed by atoms with van der Waals surface area (Å²) in [5.74, 6) is 1.92. The molecule has 1 N–H and O–H groups in total. The molecule has 25 heavy (non-hydrogen) atoms. The number of oxazole rings is 1. The van der Waals surface area contributed by atoms with Crippen molar-refractivity contribution in [1.82, 2.24) is 19.7 Å². The lowest BCUT2D eigenvalue weighted by Crippen LogP contribution is -2.48. The van der Waals surface area contributed by atoms with Crippen molar-refractivity contribution in [2.24, 2.45) is 0 Å². The Morgan fingerprint density at radius 3 is 2.76 bits per heavy atom. The molecule has 0 aromatic carbocycles. The molecule has 0 bridgehead atoms. The first kappa shape index (κ1) is 18.1. The van der Waals surface area contributed by atoms with Gasteiger partial charge >= 0.3 is 0 Å². The molecule has 138 valence electrons. The molecule has 1 atom stereocenters. The molecule has 7 nitrogen and oxygen atoms in total. The van der Waals surface area contributed by atoms with E-state index in [1.54, 1.807) is 6.26 Å². The van der Waals surface area contributed by atoms with Gasteiger partial charge in [0.1, 0.15) is 5.76 Å². The second-order valence-corrected chi connectivity index (χ2v) is 6.95. The van der Waals surface area contributed by atoms with E-state index < -0.39 is 0 Å². The summed E-state index contributed by atoms with van der Waals surface area (Å²) in [6.45, 7) is 8.03. The minimum atomic E-state index is -0.370. The standard InChI is InChI=1S/C18H28N4O3/c1-14-16(19-18(25-14)17-5-4-10-24-17)13-21(3)11-15(23)12-22-8-6-20(2)7-9-22/h4-5,10,15,23H,6-9,11-13H2,1-3H3. The molecule has 0 aliphatic carbocycles. The number of aromatic nitrogens is 1. The number of furan rings is 1. The Labute approximate surface area is 148 Å². The maximum absolute atomic E-state index is 10.4. The summed E-state index contributed by atoms with van der Waals surface area (Å²) in [6.07, 6.45) is 1.24. The van der Waals surface area contributed by atoms with Crippen LogP contribution in [0.2, 0.25) is 0 Å². The Kier molecular flexibility index (Phi) is 5.90. The second-order valence-electron chi connectivity index (χ2n) is 6.95. The normalized spacial score (nSPS) is 18.1. The van der Waals surface area contributed by atoms with Crippen molar-refractivity contribution in [3.8, 4) is 11.7 Å². The van der Waals surface area contributed by atoms with Crippen LogP contribution in [0.4, 0.5) is 0 Å². The first-order valence-corrected chi connectivity index (χ1v) is 8.79. The quantitative estimate of drug-likeness (QED) is 0.808. The summed E-state index contributed by atoms with van der Waals surface area (Å²) >= 11 is 0. The van der Waals surface area contributed by atoms with E-state index >= 15 is 0 Å². The van der Waals surface area contributed by atoms with E-state index in [-0.39, 0.29) is 6.10 Å². The number of aliphatic hydroxyl groups is 1. The van der Waals surface area contributed by atoms with E-state index in [0.29, 0.717) is 31.3 Å². The lowest BCUT2D eigenvalue weighted by Gasteiger charge is -2.34. The predicted octanol–water partition coefficient (Wildman–Crippen LogP) is 1.28. The molecule has 0 saturated carbocycles. The van der Waals surface area contributed by atoms with Crippen molar-refractivity contribution in [3.63, 3.8) is 0 Å². The molecule has 2 aromatic rings. The molecule has 1 aliphatic heterocycles. The van der Waals surface area contributed by atoms with Crippen LogP contribution in [0.5, 0.6) is 0 Å². The van der Waals surface area contributed by atoms with Crippen molar-refractivity contribution in [3.05, 3.63) is 29.9 Å². The molecule has 3 rings (SSSR count). The predicted molar refractivity (Wildman–Crippen MR) is 95.2 cm³/mol. The van der Waals surface area contributed by atoms with Crippen LogP contribution in [0, 0.1) is 6.92 Å². The molecular weight excluding hydrogens is 320 g/mol. The van der Waals surface area contributed by atoms with Crippen molar-refractivity contribution in [2.45, 2.75) is 19.6 Å². The molecule has 0 radical (unpaired) electrons. The Bertz CT molecular complexity index is 647. The first-order chi connectivity index (χ1) is 12.0. The highest BCUT2D eigenvalue weighted by Crippen LogP contribution is 2.22. The molecule has 1 aliphatic rings. The highest BCUT2D eigenvalue weighted by atomic mass is 16.4. The molecule has 7 heteroatoms. The van der Waals surface area contributed by atoms with Gasteiger partial charge < -0.3 is 18.8 Å². The topological polar surface area (TPSA) is 69.1 Å². The summed E-state index contributed by atoms with van der Waals surface area (Å²) in [5.41, 5.74) is 0.876. The summed E-state index contributed by atoms with van der Waals surface area (Å²) in [5, 5.41) is 10.4. The van der Waals surface area contributed by atoms with Gasteiger partial charge in [0.2, 0.25) is 0 Å². The van der Waals surface area contributed by atoms with Gasteiger partial charge in [-0.25, -0.2) is 4.98 Å². The van der Waals surface area contributed by atoms with E-state index in [0.717, 1.165) is 37.6 Å². The lowest BCUT2D eigenvalue weighted by atomic mass is 10.2. The highest BCUT2D eigenvalue weighted by molar-refractivity contribution is 5.44. The monoisotopic (exact) mass is 348 g/mol. The number of piperazine rings is 1. The molecular formula is C18H28N4O3. The van der Waals surface area contributed by atoms with Gasteiger partial charge in [0.25, 0.3) is 5.89 Å². The third kappa shape index (κ3) is 4.92. The van der Waals surface area contributed by atoms with E-state index in [2.05, 4.69) is 26.7 Å². The number of aliphatic hydroxyl groups excluding tert-OH is 1. The van der Waals surface area contributed by atoms with Crippen molar-refractivity contribution < 1.29 is 13.9 Å². The van der Waals surface area contributed by atoms with E-state index in [9.17, 15) is 5.11 Å². The smallest absolute Gasteiger partial charge is 0.263 e. The molecule has 0 spiro atoms. The van der Waals surface area contributed by atoms with Crippen molar-refractivity contribution >= 4 is 0 Å². The van der Waals surface area contributed by atoms with Gasteiger partial charge in [-0.1, -0.05) is 0 Å². The summed E-state index contributed by atoms with van der Waals surface area (Å²) in [7, 11) is 4.13. The van der Waals surface area contributed by atoms with Gasteiger partial charge in [0, 0.05) is 45.8 Å². The molecule has 0 amide bonds. The van der Waals surface area contributed by atoms with E-state index in [4.69, 9.17) is 8.83 Å². The number of nitrogens with zero attached hydrogens (tertiary/aromatic N) is 4. The third-order valence-electron chi connectivity index (χ3n) is 4.63. The van der Waals surface area contributed by atoms with Crippen LogP contribution >= 0.6 is 0 Å². The average molecular weight is 348 g/mol. The Morgan fingerprint density at radius 2 is 2.08 bits per heavy atom. The van der Waals surface area contributed by atoms with Crippen LogP contribution in [0.3, 0.4) is 0 Å². The fourth-order valence-electron chi connectivity index (χ4n) is 3.15. The Morgan fingerprint density at radius 1 is 1.32 bits per heavy atom. The van der Waals surface area contributed by atoms with E-state index in [1.165, 1.54) is 0 Å². The van der Waals surface area contributed by atoms with E-state index in [1.807, 2.05) is 26.1 Å². The highest BCUT2D eigenvalue weighted by Gasteiger charge is 2.19. The average Bonchev–Trinajstić information content (AvgIpc) is 3.20. The molecule has 1 unspecified atom stereocenters. The number of hydrogen-bond acceptors (Lipinski definition) is 7. The summed E-state index contributed by atoms with van der Waals surface area (Å²) < 4.78 is 11.0. The maximum atomic E-state index is 10.4. The van der Waals surface area contributed by atoms with Crippen LogP contribution in [-0.2, 0) is 6.54 Å². The first-order valence-electron chi connectivity index (χ1n) is 8.79. The molecule has 2 aromatic heterocycles. The minimum Gasteiger partial charge on any atom is -0.459 e. The van der Waals surface area contributed by atoms with Gasteiger partial charge in [-0.3, -0.25) is 9.80 Å². The van der Waals surface area contributed by atoms with Gasteiger partial charge in [0.05, 0.1) is 18.1 Å². The molecule has 3 heterocycles. The summed E-state index contributed by atoms with van der Waals surface area (Å²) in [4.78, 5) is 11.3. The third-order valence-corrected chi connectivity index (χ3v) is 4.63. The number of β-amino-alcohol motifs (C(OH)–C–C–N with tert-alkyl or cyclic N) is 1. The van der Waals surface area contributed by atoms with Crippen LogP contribution in [0.25, 0.3) is 11.7 Å². The lowest BCUT2D eigenvalue weighted by molar-refractivity contribution is 0.0591. The molecule has 1 saturated heterocycles. The zero-order valence-electron chi connectivity index (χ0n) is 15.3. The minimum absolute atomic E-state index is 0.370. The van der Waals surface area contributed by atoms with Crippen LogP contribution in [0.15, 0.2) is 27.2 Å². The largest absolute Gasteiger partial charge is 0.459 e. The van der Waals surface area contributed by atoms with Crippen LogP contribution in [0.1, 0.15) is 11.5 Å². The Balaban J connectivity index is 1.49. The number of rotatable bonds is 7. The summed E-state index contributed by atoms with van der Waals surface area (Å²) in [6, 6.07) is 3.65. The molecule has 1 fully saturated rings. The zero-order valence-corrected chi connectivity index (χ0v) is 15.3. The van der Waals surface area contributed by atoms with Gasteiger partial charge in [0.15, 0.2) is 5.76 Å². The van der Waals surface area contributed by atoms with Crippen molar-refractivity contribution in [2.75, 3.05) is 53.4 Å². The second kappa shape index (κ2) is 8.14. The SMILES string of the molecule is Cc1oc(-c2ccco2)nc1CN(C)CC(O)CN1CCN(C)CC1. The maximum Gasteiger partial charge on any atom is 0.263 e. The number of aryl methyl sites for hydroxylation is 1. The van der Waals surface area contributed by atoms with Gasteiger partial charge in [-0.15, -0.1) is 0 Å². The number of likely N-dealkylation sites (N-methyl/N-ethyl adjacent to an activating group) is 2. The zero-order chi connectivity index (χ0) is 17.8.